The second-order valence-corrected chi connectivity index (χ2v) is 4.86. The molecule has 0 aliphatic heterocycles. The van der Waals surface area contributed by atoms with Gasteiger partial charge < -0.3 is 9.84 Å². The molecule has 0 aromatic carbocycles. The molecule has 1 N–H and O–H groups in total. The van der Waals surface area contributed by atoms with E-state index in [2.05, 4.69) is 5.32 Å². The van der Waals surface area contributed by atoms with Crippen LogP contribution in [0.3, 0.4) is 0 Å². The molecule has 0 saturated carbocycles. The number of rotatable bonds is 4. The van der Waals surface area contributed by atoms with Gasteiger partial charge in [0.2, 0.25) is 7.37 Å². The van der Waals surface area contributed by atoms with Crippen molar-refractivity contribution in [3.8, 4) is 0 Å². The van der Waals surface area contributed by atoms with Crippen molar-refractivity contribution in [1.82, 2.24) is 5.32 Å². The maximum absolute atomic E-state index is 11.1. The molecule has 0 aliphatic carbocycles. The smallest absolute Gasteiger partial charge is 0.201 e. The zero-order chi connectivity index (χ0) is 7.33. The van der Waals surface area contributed by atoms with Crippen LogP contribution in [0.4, 0.5) is 0 Å². The van der Waals surface area contributed by atoms with Gasteiger partial charge in [-0.05, 0) is 7.05 Å². The Morgan fingerprint density at radius 2 is 2.22 bits per heavy atom. The highest BCUT2D eigenvalue weighted by atomic mass is 31.2. The highest BCUT2D eigenvalue weighted by Gasteiger charge is 2.10. The van der Waals surface area contributed by atoms with Crippen LogP contribution in [0.15, 0.2) is 0 Å². The van der Waals surface area contributed by atoms with Crippen molar-refractivity contribution < 1.29 is 9.09 Å². The Morgan fingerprint density at radius 1 is 1.67 bits per heavy atom. The van der Waals surface area contributed by atoms with E-state index in [4.69, 9.17) is 4.52 Å². The van der Waals surface area contributed by atoms with Gasteiger partial charge in [0.15, 0.2) is 0 Å². The Bertz CT molecular complexity index is 116. The molecule has 0 heterocycles. The molecule has 0 radical (unpaired) electrons. The van der Waals surface area contributed by atoms with E-state index in [1.165, 1.54) is 7.11 Å². The van der Waals surface area contributed by atoms with Crippen LogP contribution in [0.25, 0.3) is 0 Å². The predicted octanol–water partition coefficient (Wildman–Crippen LogP) is 0.760. The van der Waals surface area contributed by atoms with Crippen LogP contribution in [0, 0.1) is 0 Å². The zero-order valence-corrected chi connectivity index (χ0v) is 7.07. The molecule has 1 unspecified atom stereocenters. The van der Waals surface area contributed by atoms with Crippen molar-refractivity contribution in [2.45, 2.75) is 0 Å². The van der Waals surface area contributed by atoms with Crippen molar-refractivity contribution in [2.75, 3.05) is 33.5 Å². The normalized spacial score (nSPS) is 17.2. The summed E-state index contributed by atoms with van der Waals surface area (Å²) in [5.41, 5.74) is 0. The van der Waals surface area contributed by atoms with E-state index in [0.29, 0.717) is 6.16 Å². The van der Waals surface area contributed by atoms with E-state index in [1.807, 2.05) is 7.05 Å². The summed E-state index contributed by atoms with van der Waals surface area (Å²) < 4.78 is 15.8. The van der Waals surface area contributed by atoms with Crippen LogP contribution < -0.4 is 5.32 Å². The summed E-state index contributed by atoms with van der Waals surface area (Å²) in [6.07, 6.45) is 0.611. The van der Waals surface area contributed by atoms with Gasteiger partial charge in [0.25, 0.3) is 0 Å². The monoisotopic (exact) mass is 151 g/mol. The lowest BCUT2D eigenvalue weighted by Gasteiger charge is -2.08. The molecule has 0 spiro atoms. The topological polar surface area (TPSA) is 38.3 Å². The van der Waals surface area contributed by atoms with Gasteiger partial charge in [0, 0.05) is 26.5 Å². The van der Waals surface area contributed by atoms with Gasteiger partial charge in [0.1, 0.15) is 0 Å². The molecule has 0 bridgehead atoms. The Morgan fingerprint density at radius 3 is 2.56 bits per heavy atom. The third-order valence-electron chi connectivity index (χ3n) is 1.15. The molecule has 0 amide bonds. The summed E-state index contributed by atoms with van der Waals surface area (Å²) >= 11 is 0. The molecule has 0 aliphatic rings. The average Bonchev–Trinajstić information content (AvgIpc) is 1.84. The van der Waals surface area contributed by atoms with Gasteiger partial charge in [0.05, 0.1) is 0 Å². The molecule has 1 atom stereocenters. The third-order valence-corrected chi connectivity index (χ3v) is 2.96. The Kier molecular flexibility index (Phi) is 4.11. The van der Waals surface area contributed by atoms with E-state index in [0.717, 1.165) is 6.54 Å². The lowest BCUT2D eigenvalue weighted by Crippen LogP contribution is -2.12. The SMILES string of the molecule is CNCCP(C)(=O)OC. The third kappa shape index (κ3) is 4.64. The molecule has 4 heteroatoms. The minimum absolute atomic E-state index is 0.611. The summed E-state index contributed by atoms with van der Waals surface area (Å²) in [5, 5.41) is 2.91. The molecule has 0 aromatic heterocycles. The minimum atomic E-state index is -2.25. The van der Waals surface area contributed by atoms with Crippen molar-refractivity contribution in [1.29, 1.82) is 0 Å². The molecule has 9 heavy (non-hydrogen) atoms. The predicted molar refractivity (Wildman–Crippen MR) is 39.3 cm³/mol. The maximum Gasteiger partial charge on any atom is 0.201 e. The van der Waals surface area contributed by atoms with E-state index in [1.54, 1.807) is 6.66 Å². The van der Waals surface area contributed by atoms with Crippen molar-refractivity contribution in [3.05, 3.63) is 0 Å². The summed E-state index contributed by atoms with van der Waals surface area (Å²) in [6.45, 7) is 2.39. The quantitative estimate of drug-likeness (QED) is 0.603. The van der Waals surface area contributed by atoms with Gasteiger partial charge in [-0.3, -0.25) is 4.57 Å². The van der Waals surface area contributed by atoms with E-state index < -0.39 is 7.37 Å². The molecule has 0 saturated heterocycles. The molecule has 56 valence electrons. The standard InChI is InChI=1S/C5H14NO2P/c1-6-4-5-9(3,7)8-2/h6H,4-5H2,1-3H3. The Labute approximate surface area is 56.2 Å². The van der Waals surface area contributed by atoms with Crippen LogP contribution in [0.5, 0.6) is 0 Å². The fourth-order valence-electron chi connectivity index (χ4n) is 0.406. The first-order chi connectivity index (χ1) is 4.12. The van der Waals surface area contributed by atoms with E-state index in [9.17, 15) is 4.57 Å². The number of hydrogen-bond acceptors (Lipinski definition) is 3. The highest BCUT2D eigenvalue weighted by Crippen LogP contribution is 2.40. The van der Waals surface area contributed by atoms with Gasteiger partial charge >= 0.3 is 0 Å². The maximum atomic E-state index is 11.1. The van der Waals surface area contributed by atoms with Gasteiger partial charge in [-0.25, -0.2) is 0 Å². The van der Waals surface area contributed by atoms with Crippen LogP contribution in [-0.2, 0) is 9.09 Å². The first-order valence-electron chi connectivity index (χ1n) is 2.89. The second-order valence-electron chi connectivity index (χ2n) is 2.02. The average molecular weight is 151 g/mol. The van der Waals surface area contributed by atoms with Crippen molar-refractivity contribution in [2.24, 2.45) is 0 Å². The summed E-state index contributed by atoms with van der Waals surface area (Å²) in [4.78, 5) is 0. The number of nitrogens with one attached hydrogen (secondary N) is 1. The highest BCUT2D eigenvalue weighted by molar-refractivity contribution is 7.58. The molecule has 3 nitrogen and oxygen atoms in total. The lowest BCUT2D eigenvalue weighted by atomic mass is 10.8. The van der Waals surface area contributed by atoms with Crippen molar-refractivity contribution >= 4 is 7.37 Å². The molecular weight excluding hydrogens is 137 g/mol. The van der Waals surface area contributed by atoms with Gasteiger partial charge in [-0.1, -0.05) is 0 Å². The Balaban J connectivity index is 3.46. The first kappa shape index (κ1) is 9.15. The van der Waals surface area contributed by atoms with Gasteiger partial charge in [-0.2, -0.15) is 0 Å². The van der Waals surface area contributed by atoms with Crippen LogP contribution in [0.2, 0.25) is 0 Å². The summed E-state index contributed by atoms with van der Waals surface area (Å²) in [6, 6.07) is 0. The summed E-state index contributed by atoms with van der Waals surface area (Å²) in [5.74, 6) is 0. The van der Waals surface area contributed by atoms with E-state index in [-0.39, 0.29) is 0 Å². The molecular formula is C5H14NO2P. The molecule has 0 rings (SSSR count). The summed E-state index contributed by atoms with van der Waals surface area (Å²) in [7, 11) is 1.06. The minimum Gasteiger partial charge on any atom is -0.332 e. The largest absolute Gasteiger partial charge is 0.332 e. The van der Waals surface area contributed by atoms with Crippen LogP contribution in [0.1, 0.15) is 0 Å². The Hall–Kier alpha value is 0.150. The fourth-order valence-corrected chi connectivity index (χ4v) is 1.22. The lowest BCUT2D eigenvalue weighted by molar-refractivity contribution is 0.398. The number of hydrogen-bond donors (Lipinski definition) is 1. The molecule has 0 aromatic rings. The zero-order valence-electron chi connectivity index (χ0n) is 6.18. The molecule has 0 fully saturated rings. The van der Waals surface area contributed by atoms with Crippen LogP contribution in [-0.4, -0.2) is 33.5 Å². The second kappa shape index (κ2) is 4.04. The first-order valence-corrected chi connectivity index (χ1v) is 5.15. The van der Waals surface area contributed by atoms with Crippen molar-refractivity contribution in [3.63, 3.8) is 0 Å². The van der Waals surface area contributed by atoms with Crippen LogP contribution >= 0.6 is 7.37 Å². The van der Waals surface area contributed by atoms with Gasteiger partial charge in [-0.15, -0.1) is 0 Å². The fraction of sp³-hybridized carbons (Fsp3) is 1.00. The van der Waals surface area contributed by atoms with E-state index >= 15 is 0 Å².